The van der Waals surface area contributed by atoms with Crippen molar-refractivity contribution in [2.75, 3.05) is 5.79 Å². The zero-order chi connectivity index (χ0) is 20.7. The number of rotatable bonds is 6. The summed E-state index contributed by atoms with van der Waals surface area (Å²) in [5.41, 5.74) is 0. The first-order valence-electron chi connectivity index (χ1n) is 11.9. The molecule has 2 aliphatic rings. The third-order valence-electron chi connectivity index (χ3n) is 8.62. The lowest BCUT2D eigenvalue weighted by Gasteiger charge is -2.49. The lowest BCUT2D eigenvalue weighted by atomic mass is 9.26. The first-order valence-corrected chi connectivity index (χ1v) is 20.9. The second kappa shape index (κ2) is 8.58. The van der Waals surface area contributed by atoms with E-state index in [0.29, 0.717) is 10.3 Å². The minimum atomic E-state index is -1.17. The van der Waals surface area contributed by atoms with E-state index in [2.05, 4.69) is 67.7 Å². The van der Waals surface area contributed by atoms with Gasteiger partial charge in [-0.15, -0.1) is 0 Å². The van der Waals surface area contributed by atoms with Gasteiger partial charge in [-0.25, -0.2) is 0 Å². The van der Waals surface area contributed by atoms with E-state index in [-0.39, 0.29) is 7.92 Å². The van der Waals surface area contributed by atoms with Gasteiger partial charge in [-0.05, 0) is 16.1 Å². The van der Waals surface area contributed by atoms with Gasteiger partial charge in [0.15, 0.2) is 0 Å². The van der Waals surface area contributed by atoms with Gasteiger partial charge in [-0.1, -0.05) is 138 Å². The Morgan fingerprint density at radius 2 is 1.15 bits per heavy atom. The predicted octanol–water partition coefficient (Wildman–Crippen LogP) is 8.70. The molecule has 0 aromatic rings. The number of hydrogen-bond acceptors (Lipinski definition) is 0. The molecular weight excluding hydrogens is 374 g/mol. The van der Waals surface area contributed by atoms with Gasteiger partial charge in [-0.3, -0.25) is 0 Å². The molecule has 0 saturated carbocycles. The van der Waals surface area contributed by atoms with Gasteiger partial charge in [-0.2, -0.15) is 0 Å². The first kappa shape index (κ1) is 24.2. The fourth-order valence-corrected chi connectivity index (χ4v) is 26.4. The Balaban J connectivity index is 2.07. The van der Waals surface area contributed by atoms with Crippen molar-refractivity contribution in [2.24, 2.45) is 0 Å². The van der Waals surface area contributed by atoms with Crippen molar-refractivity contribution < 1.29 is 0 Å². The van der Waals surface area contributed by atoms with E-state index < -0.39 is 15.2 Å². The quantitative estimate of drug-likeness (QED) is 0.295. The second-order valence-corrected chi connectivity index (χ2v) is 34.2. The summed E-state index contributed by atoms with van der Waals surface area (Å²) in [7, 11) is -2.23. The van der Waals surface area contributed by atoms with E-state index in [0.717, 1.165) is 18.3 Å². The molecule has 2 rings (SSSR count). The molecule has 0 unspecified atom stereocenters. The summed E-state index contributed by atoms with van der Waals surface area (Å²) < 4.78 is 0. The highest BCUT2D eigenvalue weighted by Gasteiger charge is 2.47. The molecule has 2 bridgehead atoms. The lowest BCUT2D eigenvalue weighted by Crippen LogP contribution is -2.58. The van der Waals surface area contributed by atoms with Crippen LogP contribution in [0.5, 0.6) is 0 Å². The van der Waals surface area contributed by atoms with Crippen LogP contribution in [0, 0.1) is 0 Å². The van der Waals surface area contributed by atoms with E-state index in [1.807, 2.05) is 0 Å². The maximum Gasteiger partial charge on any atom is 0.146 e. The van der Waals surface area contributed by atoms with Crippen LogP contribution in [0.15, 0.2) is 0 Å². The van der Waals surface area contributed by atoms with Crippen LogP contribution in [0.25, 0.3) is 0 Å². The van der Waals surface area contributed by atoms with E-state index in [1.165, 1.54) is 12.8 Å². The van der Waals surface area contributed by atoms with E-state index in [1.54, 1.807) is 43.8 Å². The minimum absolute atomic E-state index is 0.0666. The monoisotopic (exact) mass is 424 g/mol. The van der Waals surface area contributed by atoms with Crippen LogP contribution in [-0.4, -0.2) is 38.0 Å². The maximum atomic E-state index is 2.79. The summed E-state index contributed by atoms with van der Waals surface area (Å²) in [6.07, 6.45) is 10.9. The summed E-state index contributed by atoms with van der Waals surface area (Å²) in [5, 5.41) is 0.978. The Hall–Kier alpha value is 0.929. The molecule has 27 heavy (non-hydrogen) atoms. The second-order valence-electron chi connectivity index (χ2n) is 13.3. The molecule has 0 aliphatic carbocycles. The molecule has 0 aromatic heterocycles. The van der Waals surface area contributed by atoms with Gasteiger partial charge < -0.3 is 0 Å². The van der Waals surface area contributed by atoms with Gasteiger partial charge in [0.1, 0.15) is 6.71 Å². The van der Waals surface area contributed by atoms with Crippen molar-refractivity contribution in [3.63, 3.8) is 0 Å². The Morgan fingerprint density at radius 1 is 0.741 bits per heavy atom. The van der Waals surface area contributed by atoms with Crippen LogP contribution in [-0.2, 0) is 0 Å². The molecule has 2 aliphatic heterocycles. The third-order valence-corrected chi connectivity index (χ3v) is 34.7. The minimum Gasteiger partial charge on any atom is -0.0986 e. The Kier molecular flexibility index (Phi) is 7.69. The molecule has 0 amide bonds. The zero-order valence-corrected chi connectivity index (χ0v) is 23.4. The first-order chi connectivity index (χ1) is 12.2. The molecule has 0 N–H and O–H groups in total. The maximum absolute atomic E-state index is 2.79. The molecular formula is C23H50BPSi2. The van der Waals surface area contributed by atoms with Crippen molar-refractivity contribution in [3.05, 3.63) is 0 Å². The molecule has 0 atom stereocenters. The fourth-order valence-electron chi connectivity index (χ4n) is 6.24. The van der Waals surface area contributed by atoms with E-state index in [4.69, 9.17) is 0 Å². The summed E-state index contributed by atoms with van der Waals surface area (Å²) >= 11 is 0. The van der Waals surface area contributed by atoms with Crippen LogP contribution in [0.2, 0.25) is 50.2 Å². The highest BCUT2D eigenvalue weighted by molar-refractivity contribution is 7.67. The number of hydrogen-bond donors (Lipinski definition) is 0. The van der Waals surface area contributed by atoms with Crippen LogP contribution in [0.4, 0.5) is 0 Å². The normalized spacial score (nSPS) is 25.2. The Morgan fingerprint density at radius 3 is 1.52 bits per heavy atom. The lowest BCUT2D eigenvalue weighted by molar-refractivity contribution is 0.442. The molecule has 0 spiro atoms. The molecule has 2 heterocycles. The highest BCUT2D eigenvalue weighted by atomic mass is 31.1. The van der Waals surface area contributed by atoms with Gasteiger partial charge in [0, 0.05) is 15.2 Å². The highest BCUT2D eigenvalue weighted by Crippen LogP contribution is 2.61. The Labute approximate surface area is 176 Å². The van der Waals surface area contributed by atoms with Gasteiger partial charge in [0.2, 0.25) is 0 Å². The van der Waals surface area contributed by atoms with Gasteiger partial charge in [0.25, 0.3) is 0 Å². The average molecular weight is 425 g/mol. The van der Waals surface area contributed by atoms with Crippen molar-refractivity contribution in [3.8, 4) is 0 Å². The van der Waals surface area contributed by atoms with Gasteiger partial charge in [0.05, 0.1) is 0 Å². The topological polar surface area (TPSA) is 0 Å². The standard InChI is InChI=1S/C23H50BPSi2/c1-22(2,3)25(23(4,5)6)19-27(9,10)26(7,8)18-17-24-20-13-11-14-21(24)16-12-15-20/h20-21H,11-19H2,1-10H3. The summed E-state index contributed by atoms with van der Waals surface area (Å²) in [6, 6.07) is 1.63. The van der Waals surface area contributed by atoms with Crippen molar-refractivity contribution in [1.29, 1.82) is 0 Å². The van der Waals surface area contributed by atoms with E-state index >= 15 is 0 Å². The number of fused-ring (bicyclic) bond motifs is 2. The SMILES string of the molecule is CC(C)(C)P(C[Si](C)(C)[Si](C)(C)CCB1C2CCCC1CCC2)C(C)(C)C. The van der Waals surface area contributed by atoms with Crippen LogP contribution in [0.3, 0.4) is 0 Å². The molecule has 4 heteroatoms. The van der Waals surface area contributed by atoms with Crippen LogP contribution < -0.4 is 0 Å². The molecule has 2 fully saturated rings. The summed E-state index contributed by atoms with van der Waals surface area (Å²) in [4.78, 5) is 0. The smallest absolute Gasteiger partial charge is 0.0986 e. The van der Waals surface area contributed by atoms with Crippen molar-refractivity contribution in [2.45, 2.75) is 141 Å². The average Bonchev–Trinajstić information content (AvgIpc) is 2.48. The largest absolute Gasteiger partial charge is 0.146 e. The summed E-state index contributed by atoms with van der Waals surface area (Å²) in [6.45, 7) is 27.4. The molecule has 0 radical (unpaired) electrons. The van der Waals surface area contributed by atoms with E-state index in [9.17, 15) is 0 Å². The molecule has 0 nitrogen and oxygen atoms in total. The zero-order valence-electron chi connectivity index (χ0n) is 20.5. The van der Waals surface area contributed by atoms with Crippen molar-refractivity contribution >= 4 is 29.8 Å². The Bertz CT molecular complexity index is 454. The van der Waals surface area contributed by atoms with Crippen LogP contribution in [0.1, 0.15) is 80.1 Å². The molecule has 2 saturated heterocycles. The third kappa shape index (κ3) is 5.97. The summed E-state index contributed by atoms with van der Waals surface area (Å²) in [5.74, 6) is 3.81. The van der Waals surface area contributed by atoms with Crippen LogP contribution >= 0.6 is 7.92 Å². The van der Waals surface area contributed by atoms with Gasteiger partial charge >= 0.3 is 0 Å². The predicted molar refractivity (Wildman–Crippen MR) is 137 cm³/mol. The molecule has 158 valence electrons. The van der Waals surface area contributed by atoms with Crippen molar-refractivity contribution in [1.82, 2.24) is 0 Å². The fraction of sp³-hybridized carbons (Fsp3) is 1.00. The molecule has 0 aromatic carbocycles.